The third-order valence-electron chi connectivity index (χ3n) is 2.36. The normalized spacial score (nSPS) is 10.4. The van der Waals surface area contributed by atoms with Crippen LogP contribution >= 0.6 is 11.6 Å². The minimum Gasteiger partial charge on any atom is -0.481 e. The van der Waals surface area contributed by atoms with Gasteiger partial charge in [-0.3, -0.25) is 0 Å². The molecule has 0 unspecified atom stereocenters. The number of nitrogens with zero attached hydrogens (tertiary/aromatic N) is 4. The van der Waals surface area contributed by atoms with Crippen molar-refractivity contribution in [3.05, 3.63) is 23.1 Å². The van der Waals surface area contributed by atoms with Crippen molar-refractivity contribution in [2.75, 3.05) is 12.4 Å². The molecule has 0 saturated carbocycles. The first-order valence-corrected chi connectivity index (χ1v) is 5.88. The van der Waals surface area contributed by atoms with Crippen molar-refractivity contribution in [2.45, 2.75) is 13.3 Å². The molecule has 2 aromatic heterocycles. The quantitative estimate of drug-likeness (QED) is 0.860. The van der Waals surface area contributed by atoms with Crippen LogP contribution in [0.1, 0.15) is 12.7 Å². The maximum Gasteiger partial charge on any atom is 0.213 e. The number of aromatic nitrogens is 4. The van der Waals surface area contributed by atoms with E-state index in [0.717, 1.165) is 6.42 Å². The fourth-order valence-corrected chi connectivity index (χ4v) is 1.72. The average Bonchev–Trinajstić information content (AvgIpc) is 2.68. The van der Waals surface area contributed by atoms with E-state index < -0.39 is 0 Å². The van der Waals surface area contributed by atoms with E-state index in [1.165, 1.54) is 0 Å². The molecule has 0 aliphatic carbocycles. The van der Waals surface area contributed by atoms with Crippen LogP contribution in [0.15, 0.2) is 12.1 Å². The second-order valence-corrected chi connectivity index (χ2v) is 4.05. The second kappa shape index (κ2) is 5.22. The van der Waals surface area contributed by atoms with Crippen molar-refractivity contribution in [2.24, 2.45) is 7.05 Å². The number of nitrogens with one attached hydrogen (secondary N) is 1. The molecule has 2 rings (SSSR count). The zero-order valence-electron chi connectivity index (χ0n) is 10.4. The summed E-state index contributed by atoms with van der Waals surface area (Å²) in [5, 5.41) is 7.72. The van der Waals surface area contributed by atoms with Gasteiger partial charge in [-0.05, 0) is 0 Å². The molecule has 0 aromatic carbocycles. The third kappa shape index (κ3) is 2.70. The van der Waals surface area contributed by atoms with E-state index in [9.17, 15) is 0 Å². The highest BCUT2D eigenvalue weighted by Gasteiger charge is 2.07. The van der Waals surface area contributed by atoms with Crippen molar-refractivity contribution in [3.63, 3.8) is 0 Å². The first kappa shape index (κ1) is 12.6. The van der Waals surface area contributed by atoms with Crippen LogP contribution in [0.25, 0.3) is 0 Å². The molecule has 6 nitrogen and oxygen atoms in total. The summed E-state index contributed by atoms with van der Waals surface area (Å²) >= 11 is 5.92. The maximum absolute atomic E-state index is 5.92. The predicted molar refractivity (Wildman–Crippen MR) is 69.5 cm³/mol. The van der Waals surface area contributed by atoms with Crippen LogP contribution < -0.4 is 10.1 Å². The lowest BCUT2D eigenvalue weighted by Gasteiger charge is -2.04. The van der Waals surface area contributed by atoms with Gasteiger partial charge < -0.3 is 10.1 Å². The van der Waals surface area contributed by atoms with Crippen LogP contribution in [0.5, 0.6) is 5.88 Å². The maximum atomic E-state index is 5.92. The van der Waals surface area contributed by atoms with Gasteiger partial charge in [0, 0.05) is 25.6 Å². The Morgan fingerprint density at radius 3 is 2.72 bits per heavy atom. The average molecular weight is 268 g/mol. The van der Waals surface area contributed by atoms with Crippen molar-refractivity contribution in [1.29, 1.82) is 0 Å². The number of hydrogen-bond acceptors (Lipinski definition) is 5. The van der Waals surface area contributed by atoms with E-state index >= 15 is 0 Å². The van der Waals surface area contributed by atoms with Crippen LogP contribution in [-0.4, -0.2) is 26.9 Å². The topological polar surface area (TPSA) is 64.9 Å². The lowest BCUT2D eigenvalue weighted by atomic mass is 10.4. The van der Waals surface area contributed by atoms with Gasteiger partial charge in [0.2, 0.25) is 5.88 Å². The van der Waals surface area contributed by atoms with E-state index in [2.05, 4.69) is 20.4 Å². The van der Waals surface area contributed by atoms with Crippen LogP contribution in [0.4, 0.5) is 11.6 Å². The Hall–Kier alpha value is -1.82. The van der Waals surface area contributed by atoms with Crippen molar-refractivity contribution >= 4 is 23.2 Å². The van der Waals surface area contributed by atoms with Gasteiger partial charge >= 0.3 is 0 Å². The van der Waals surface area contributed by atoms with Crippen molar-refractivity contribution in [1.82, 2.24) is 19.7 Å². The SMILES string of the molecule is CCc1nc(Cl)cc(Nc2cc(OC)n(C)n2)n1. The molecule has 0 bridgehead atoms. The van der Waals surface area contributed by atoms with Crippen molar-refractivity contribution in [3.8, 4) is 5.88 Å². The zero-order valence-corrected chi connectivity index (χ0v) is 11.2. The lowest BCUT2D eigenvalue weighted by molar-refractivity contribution is 0.373. The largest absolute Gasteiger partial charge is 0.481 e. The Bertz CT molecular complexity index is 554. The van der Waals surface area contributed by atoms with Crippen LogP contribution in [0.3, 0.4) is 0 Å². The number of rotatable bonds is 4. The summed E-state index contributed by atoms with van der Waals surface area (Å²) < 4.78 is 6.76. The molecule has 0 saturated heterocycles. The minimum atomic E-state index is 0.409. The third-order valence-corrected chi connectivity index (χ3v) is 2.55. The minimum absolute atomic E-state index is 0.409. The van der Waals surface area contributed by atoms with Gasteiger partial charge in [0.25, 0.3) is 0 Å². The summed E-state index contributed by atoms with van der Waals surface area (Å²) in [6.07, 6.45) is 0.723. The molecule has 0 spiro atoms. The first-order chi connectivity index (χ1) is 8.62. The van der Waals surface area contributed by atoms with E-state index in [1.807, 2.05) is 6.92 Å². The summed E-state index contributed by atoms with van der Waals surface area (Å²) in [6, 6.07) is 3.43. The highest BCUT2D eigenvalue weighted by Crippen LogP contribution is 2.20. The highest BCUT2D eigenvalue weighted by atomic mass is 35.5. The van der Waals surface area contributed by atoms with Crippen LogP contribution in [0.2, 0.25) is 5.15 Å². The zero-order chi connectivity index (χ0) is 13.1. The number of ether oxygens (including phenoxy) is 1. The Morgan fingerprint density at radius 1 is 1.33 bits per heavy atom. The molecule has 0 aliphatic rings. The number of aryl methyl sites for hydroxylation is 2. The van der Waals surface area contributed by atoms with Crippen molar-refractivity contribution < 1.29 is 4.74 Å². The molecule has 7 heteroatoms. The number of anilines is 2. The molecule has 2 heterocycles. The van der Waals surface area contributed by atoms with Gasteiger partial charge in [-0.1, -0.05) is 18.5 Å². The second-order valence-electron chi connectivity index (χ2n) is 3.67. The van der Waals surface area contributed by atoms with Gasteiger partial charge in [-0.2, -0.15) is 5.10 Å². The smallest absolute Gasteiger partial charge is 0.213 e. The molecule has 2 aromatic rings. The molecule has 1 N–H and O–H groups in total. The standard InChI is InChI=1S/C11H14ClN5O/c1-4-8-13-7(12)5-9(14-8)15-10-6-11(18-3)17(2)16-10/h5-6H,4H2,1-3H3,(H,13,14,15,16). The first-order valence-electron chi connectivity index (χ1n) is 5.51. The fourth-order valence-electron chi connectivity index (χ4n) is 1.52. The van der Waals surface area contributed by atoms with E-state index in [4.69, 9.17) is 16.3 Å². The molecule has 0 atom stereocenters. The van der Waals surface area contributed by atoms with Gasteiger partial charge in [-0.25, -0.2) is 14.6 Å². The van der Waals surface area contributed by atoms with Gasteiger partial charge in [0.15, 0.2) is 5.82 Å². The highest BCUT2D eigenvalue weighted by molar-refractivity contribution is 6.29. The Morgan fingerprint density at radius 2 is 2.11 bits per heavy atom. The number of halogens is 1. The molecule has 18 heavy (non-hydrogen) atoms. The van der Waals surface area contributed by atoms with Gasteiger partial charge in [0.05, 0.1) is 7.11 Å². The molecule has 0 aliphatic heterocycles. The molecular weight excluding hydrogens is 254 g/mol. The monoisotopic (exact) mass is 267 g/mol. The Labute approximate surface area is 110 Å². The molecule has 0 amide bonds. The van der Waals surface area contributed by atoms with E-state index in [-0.39, 0.29) is 0 Å². The molecular formula is C11H14ClN5O. The lowest BCUT2D eigenvalue weighted by Crippen LogP contribution is -2.00. The molecule has 96 valence electrons. The fraction of sp³-hybridized carbons (Fsp3) is 0.364. The number of hydrogen-bond donors (Lipinski definition) is 1. The summed E-state index contributed by atoms with van der Waals surface area (Å²) in [6.45, 7) is 1.97. The Kier molecular flexibility index (Phi) is 3.66. The van der Waals surface area contributed by atoms with Gasteiger partial charge in [0.1, 0.15) is 16.8 Å². The van der Waals surface area contributed by atoms with Crippen LogP contribution in [-0.2, 0) is 13.5 Å². The molecule has 0 fully saturated rings. The van der Waals surface area contributed by atoms with E-state index in [0.29, 0.717) is 28.5 Å². The summed E-state index contributed by atoms with van der Waals surface area (Å²) in [5.41, 5.74) is 0. The summed E-state index contributed by atoms with van der Waals surface area (Å²) in [5.74, 6) is 2.61. The Balaban J connectivity index is 2.24. The predicted octanol–water partition coefficient (Wildman–Crippen LogP) is 2.18. The molecule has 0 radical (unpaired) electrons. The van der Waals surface area contributed by atoms with Gasteiger partial charge in [-0.15, -0.1) is 0 Å². The van der Waals surface area contributed by atoms with Crippen LogP contribution in [0, 0.1) is 0 Å². The van der Waals surface area contributed by atoms with E-state index in [1.54, 1.807) is 31.0 Å². The number of methoxy groups -OCH3 is 1. The summed E-state index contributed by atoms with van der Waals surface area (Å²) in [7, 11) is 3.39. The summed E-state index contributed by atoms with van der Waals surface area (Å²) in [4.78, 5) is 8.41.